The fraction of sp³-hybridized carbons (Fsp3) is 0.148. The molecule has 6 rings (SSSR count). The monoisotopic (exact) mass is 496 g/mol. The summed E-state index contributed by atoms with van der Waals surface area (Å²) in [4.78, 5) is 20.1. The maximum absolute atomic E-state index is 14.0. The first-order valence-corrected chi connectivity index (χ1v) is 12.7. The van der Waals surface area contributed by atoms with Crippen molar-refractivity contribution in [2.75, 3.05) is 0 Å². The second-order valence-electron chi connectivity index (χ2n) is 8.96. The van der Waals surface area contributed by atoms with Crippen molar-refractivity contribution in [2.45, 2.75) is 29.6 Å². The highest BCUT2D eigenvalue weighted by molar-refractivity contribution is 8.06. The van der Waals surface area contributed by atoms with Crippen LogP contribution in [0.4, 0.5) is 0 Å². The number of fused-ring (bicyclic) bond motifs is 1. The van der Waals surface area contributed by atoms with Gasteiger partial charge in [-0.2, -0.15) is 5.26 Å². The van der Waals surface area contributed by atoms with Crippen molar-refractivity contribution in [3.63, 3.8) is 0 Å². The maximum Gasteiger partial charge on any atom is 0.251 e. The Morgan fingerprint density at radius 1 is 1.03 bits per heavy atom. The quantitative estimate of drug-likeness (QED) is 0.590. The van der Waals surface area contributed by atoms with Gasteiger partial charge in [0.2, 0.25) is 32.2 Å². The number of carbonyl (C=O) groups excluding carboxylic acids is 1. The molecule has 0 fully saturated rings. The number of hydrogen-bond donors (Lipinski definition) is 1. The largest absolute Gasteiger partial charge is 0.444 e. The van der Waals surface area contributed by atoms with E-state index in [9.17, 15) is 18.5 Å². The average molecular weight is 497 g/mol. The number of aliphatic imine (C=N–C) groups is 1. The number of hydrogen-bond acceptors (Lipinski definition) is 8. The Kier molecular flexibility index (Phi) is 4.47. The third-order valence-corrected chi connectivity index (χ3v) is 8.65. The number of carbonyl (C=O) groups is 1. The van der Waals surface area contributed by atoms with Crippen LogP contribution in [-0.2, 0) is 26.8 Å². The van der Waals surface area contributed by atoms with E-state index in [0.717, 1.165) is 11.1 Å². The molecular formula is C27H20N4O4S. The number of nitriles is 1. The lowest BCUT2D eigenvalue weighted by Gasteiger charge is -2.39. The van der Waals surface area contributed by atoms with Crippen molar-refractivity contribution in [3.8, 4) is 6.07 Å². The van der Waals surface area contributed by atoms with Crippen LogP contribution >= 0.6 is 0 Å². The normalized spacial score (nSPS) is 24.1. The van der Waals surface area contributed by atoms with Gasteiger partial charge >= 0.3 is 0 Å². The maximum atomic E-state index is 14.0. The molecule has 0 saturated heterocycles. The molecular weight excluding hydrogens is 476 g/mol. The van der Waals surface area contributed by atoms with Crippen molar-refractivity contribution in [1.82, 2.24) is 4.90 Å². The van der Waals surface area contributed by atoms with E-state index in [1.807, 2.05) is 43.3 Å². The summed E-state index contributed by atoms with van der Waals surface area (Å²) in [5, 5.41) is 9.73. The smallest absolute Gasteiger partial charge is 0.251 e. The van der Waals surface area contributed by atoms with Gasteiger partial charge in [-0.05, 0) is 24.6 Å². The molecule has 9 heteroatoms. The summed E-state index contributed by atoms with van der Waals surface area (Å²) in [6, 6.07) is 24.3. The summed E-state index contributed by atoms with van der Waals surface area (Å²) in [5.41, 5.74) is 4.61. The molecule has 2 aliphatic heterocycles. The second kappa shape index (κ2) is 7.29. The number of Topliss-reactive ketones (excluding diaryl/α,β-unsaturated/α-hetero) is 1. The topological polar surface area (TPSA) is 126 Å². The minimum Gasteiger partial charge on any atom is -0.444 e. The number of nitrogens with zero attached hydrogens (tertiary/aromatic N) is 3. The molecule has 8 nitrogen and oxygen atoms in total. The number of sulfone groups is 1. The molecule has 0 aromatic heterocycles. The lowest BCUT2D eigenvalue weighted by Crippen LogP contribution is -2.56. The molecule has 3 aliphatic rings. The Morgan fingerprint density at radius 2 is 1.69 bits per heavy atom. The molecule has 0 radical (unpaired) electrons. The molecule has 178 valence electrons. The van der Waals surface area contributed by atoms with E-state index < -0.39 is 26.9 Å². The molecule has 3 aromatic carbocycles. The van der Waals surface area contributed by atoms with Crippen LogP contribution in [0.15, 0.2) is 100 Å². The van der Waals surface area contributed by atoms with Crippen LogP contribution in [0.5, 0.6) is 0 Å². The second-order valence-corrected chi connectivity index (χ2v) is 10.8. The number of rotatable bonds is 3. The zero-order valence-corrected chi connectivity index (χ0v) is 20.0. The molecule has 2 N–H and O–H groups in total. The van der Waals surface area contributed by atoms with E-state index >= 15 is 0 Å². The van der Waals surface area contributed by atoms with Crippen LogP contribution in [0, 0.1) is 18.3 Å². The van der Waals surface area contributed by atoms with Gasteiger partial charge < -0.3 is 10.5 Å². The van der Waals surface area contributed by atoms with Crippen LogP contribution in [-0.4, -0.2) is 29.8 Å². The fourth-order valence-corrected chi connectivity index (χ4v) is 6.79. The Balaban J connectivity index is 1.67. The lowest BCUT2D eigenvalue weighted by molar-refractivity contribution is -0.0947. The van der Waals surface area contributed by atoms with Crippen molar-refractivity contribution >= 4 is 20.8 Å². The summed E-state index contributed by atoms with van der Waals surface area (Å²) < 4.78 is 34.3. The number of nitrogens with two attached hydrogens (primary N) is 1. The Labute approximate surface area is 207 Å². The first-order valence-electron chi connectivity index (χ1n) is 11.2. The van der Waals surface area contributed by atoms with Crippen molar-refractivity contribution in [2.24, 2.45) is 10.7 Å². The third kappa shape index (κ3) is 2.54. The van der Waals surface area contributed by atoms with Crippen molar-refractivity contribution in [1.29, 1.82) is 5.26 Å². The van der Waals surface area contributed by atoms with E-state index in [-0.39, 0.29) is 28.1 Å². The molecule has 2 heterocycles. The molecule has 36 heavy (non-hydrogen) atoms. The average Bonchev–Trinajstić information content (AvgIpc) is 3.38. The summed E-state index contributed by atoms with van der Waals surface area (Å²) in [6.45, 7) is 1.90. The van der Waals surface area contributed by atoms with Crippen LogP contribution in [0.3, 0.4) is 0 Å². The van der Waals surface area contributed by atoms with E-state index in [4.69, 9.17) is 10.5 Å². The van der Waals surface area contributed by atoms with Crippen molar-refractivity contribution in [3.05, 3.63) is 113 Å². The molecule has 0 amide bonds. The molecule has 0 bridgehead atoms. The summed E-state index contributed by atoms with van der Waals surface area (Å²) in [5.74, 6) is -0.767. The fourth-order valence-electron chi connectivity index (χ4n) is 5.35. The zero-order chi connectivity index (χ0) is 25.3. The van der Waals surface area contributed by atoms with Gasteiger partial charge in [-0.3, -0.25) is 9.69 Å². The first-order chi connectivity index (χ1) is 17.3. The number of ether oxygens (including phenoxy) is 1. The minimum absolute atomic E-state index is 0.0203. The van der Waals surface area contributed by atoms with Gasteiger partial charge in [0.05, 0.1) is 4.90 Å². The van der Waals surface area contributed by atoms with Gasteiger partial charge in [-0.25, -0.2) is 13.4 Å². The number of benzene rings is 3. The SMILES string of the molecule is Cc1ccc(S(=O)(=O)C2=N[C@@]34C(=O)c5ccccc5[C@@]3(OC(N)=C4C#N)N2Cc2ccccc2)cc1. The lowest BCUT2D eigenvalue weighted by atomic mass is 9.82. The Morgan fingerprint density at radius 3 is 2.39 bits per heavy atom. The van der Waals surface area contributed by atoms with Crippen molar-refractivity contribution < 1.29 is 17.9 Å². The van der Waals surface area contributed by atoms with Crippen LogP contribution in [0.2, 0.25) is 0 Å². The number of ketones is 1. The summed E-state index contributed by atoms with van der Waals surface area (Å²) >= 11 is 0. The molecule has 0 spiro atoms. The summed E-state index contributed by atoms with van der Waals surface area (Å²) in [7, 11) is -4.22. The highest BCUT2D eigenvalue weighted by atomic mass is 32.2. The van der Waals surface area contributed by atoms with Crippen LogP contribution in [0.1, 0.15) is 27.0 Å². The Bertz CT molecular complexity index is 1660. The summed E-state index contributed by atoms with van der Waals surface area (Å²) in [6.07, 6.45) is 0. The van der Waals surface area contributed by atoms with E-state index in [2.05, 4.69) is 4.99 Å². The van der Waals surface area contributed by atoms with Gasteiger partial charge in [0.25, 0.3) is 5.72 Å². The highest BCUT2D eigenvalue weighted by Crippen LogP contribution is 2.62. The third-order valence-electron chi connectivity index (χ3n) is 6.96. The van der Waals surface area contributed by atoms with Gasteiger partial charge in [0, 0.05) is 17.7 Å². The van der Waals surface area contributed by atoms with Gasteiger partial charge in [0.15, 0.2) is 0 Å². The molecule has 0 unspecified atom stereocenters. The Hall–Kier alpha value is -4.42. The minimum atomic E-state index is -4.22. The van der Waals surface area contributed by atoms with E-state index in [1.54, 1.807) is 36.4 Å². The predicted octanol–water partition coefficient (Wildman–Crippen LogP) is 3.15. The first kappa shape index (κ1) is 22.1. The molecule has 2 atom stereocenters. The van der Waals surface area contributed by atoms with E-state index in [0.29, 0.717) is 11.1 Å². The highest BCUT2D eigenvalue weighted by Gasteiger charge is 2.79. The van der Waals surface area contributed by atoms with Gasteiger partial charge in [-0.1, -0.05) is 72.3 Å². The molecule has 3 aromatic rings. The van der Waals surface area contributed by atoms with Gasteiger partial charge in [0.1, 0.15) is 11.6 Å². The van der Waals surface area contributed by atoms with Crippen LogP contribution in [0.25, 0.3) is 0 Å². The van der Waals surface area contributed by atoms with Crippen LogP contribution < -0.4 is 5.73 Å². The molecule has 0 saturated carbocycles. The zero-order valence-electron chi connectivity index (χ0n) is 19.2. The number of amidine groups is 1. The van der Waals surface area contributed by atoms with E-state index in [1.165, 1.54) is 17.0 Å². The standard InChI is InChI=1S/C27H20N4O4S/c1-17-11-13-19(14-12-17)36(33,34)25-30-26-22(15-28)24(29)35-27(26,21-10-6-5-9-20(21)23(26)32)31(25)16-18-7-3-2-4-8-18/h2-14H,16,29H2,1H3/t26-,27-/m0/s1. The van der Waals surface area contributed by atoms with Gasteiger partial charge in [-0.15, -0.1) is 0 Å². The number of aryl methyl sites for hydroxylation is 1. The molecule has 1 aliphatic carbocycles. The predicted molar refractivity (Wildman–Crippen MR) is 131 cm³/mol.